The number of nitrogens with zero attached hydrogens (tertiary/aromatic N) is 1. The number of carbonyl (C=O) groups excluding carboxylic acids is 1. The number of hydrogen-bond acceptors (Lipinski definition) is 5. The molecule has 1 amide bonds. The van der Waals surface area contributed by atoms with Crippen LogP contribution < -0.4 is 21.3 Å². The van der Waals surface area contributed by atoms with Gasteiger partial charge in [0, 0.05) is 30.2 Å². The van der Waals surface area contributed by atoms with Gasteiger partial charge < -0.3 is 15.8 Å². The van der Waals surface area contributed by atoms with Crippen molar-refractivity contribution in [1.29, 1.82) is 0 Å². The third-order valence-corrected chi connectivity index (χ3v) is 4.39. The molecule has 1 aliphatic heterocycles. The van der Waals surface area contributed by atoms with Crippen LogP contribution >= 0.6 is 0 Å². The van der Waals surface area contributed by atoms with Gasteiger partial charge >= 0.3 is 0 Å². The molecule has 1 aliphatic rings. The van der Waals surface area contributed by atoms with Crippen molar-refractivity contribution in [2.75, 3.05) is 12.3 Å². The monoisotopic (exact) mass is 362 g/mol. The number of aromatic nitrogens is 2. The van der Waals surface area contributed by atoms with Gasteiger partial charge in [0.25, 0.3) is 11.5 Å². The van der Waals surface area contributed by atoms with Crippen molar-refractivity contribution in [3.8, 4) is 17.0 Å². The average Bonchev–Trinajstić information content (AvgIpc) is 3.13. The first kappa shape index (κ1) is 16.8. The fourth-order valence-corrected chi connectivity index (χ4v) is 3.08. The minimum absolute atomic E-state index is 0.0351. The molecule has 0 atom stereocenters. The van der Waals surface area contributed by atoms with Gasteiger partial charge in [-0.15, -0.1) is 0 Å². The Labute approximate surface area is 155 Å². The first-order valence-corrected chi connectivity index (χ1v) is 8.58. The topological polar surface area (TPSA) is 110 Å². The van der Waals surface area contributed by atoms with Gasteiger partial charge in [-0.2, -0.15) is 0 Å². The molecule has 1 aromatic heterocycles. The molecule has 2 heterocycles. The molecule has 0 unspecified atom stereocenters. The van der Waals surface area contributed by atoms with Crippen LogP contribution in [0.3, 0.4) is 0 Å². The molecular formula is C20H18N4O3. The second-order valence-electron chi connectivity index (χ2n) is 6.32. The van der Waals surface area contributed by atoms with Crippen molar-refractivity contribution in [1.82, 2.24) is 15.3 Å². The Bertz CT molecular complexity index is 1070. The van der Waals surface area contributed by atoms with Crippen LogP contribution in [0.15, 0.2) is 53.3 Å². The first-order chi connectivity index (χ1) is 13.1. The quantitative estimate of drug-likeness (QED) is 0.656. The van der Waals surface area contributed by atoms with Crippen molar-refractivity contribution in [2.45, 2.75) is 13.0 Å². The third kappa shape index (κ3) is 3.67. The lowest BCUT2D eigenvalue weighted by Crippen LogP contribution is -2.22. The van der Waals surface area contributed by atoms with Crippen LogP contribution in [0.4, 0.5) is 5.95 Å². The zero-order valence-corrected chi connectivity index (χ0v) is 14.5. The van der Waals surface area contributed by atoms with E-state index in [2.05, 4.69) is 21.4 Å². The number of benzene rings is 2. The Morgan fingerprint density at radius 1 is 1.22 bits per heavy atom. The van der Waals surface area contributed by atoms with Crippen molar-refractivity contribution in [2.24, 2.45) is 0 Å². The maximum Gasteiger partial charge on any atom is 0.252 e. The normalized spacial score (nSPS) is 12.3. The van der Waals surface area contributed by atoms with Crippen LogP contribution in [0.25, 0.3) is 11.3 Å². The highest BCUT2D eigenvalue weighted by molar-refractivity contribution is 5.95. The minimum atomic E-state index is -0.340. The molecule has 0 saturated heterocycles. The lowest BCUT2D eigenvalue weighted by atomic mass is 10.1. The standard InChI is InChI=1S/C20H18N4O3/c21-20-23-16(10-18(25)24-20)13-2-1-3-15(9-13)19(26)22-11-12-4-5-17-14(8-12)6-7-27-17/h1-5,8-10H,6-7,11H2,(H,22,26)(H3,21,23,24,25). The fraction of sp³-hybridized carbons (Fsp3) is 0.150. The van der Waals surface area contributed by atoms with Crippen molar-refractivity contribution in [3.63, 3.8) is 0 Å². The fourth-order valence-electron chi connectivity index (χ4n) is 3.08. The van der Waals surface area contributed by atoms with Crippen molar-refractivity contribution < 1.29 is 9.53 Å². The van der Waals surface area contributed by atoms with Crippen LogP contribution in [-0.2, 0) is 13.0 Å². The van der Waals surface area contributed by atoms with E-state index in [4.69, 9.17) is 10.5 Å². The summed E-state index contributed by atoms with van der Waals surface area (Å²) in [5.41, 5.74) is 8.99. The second kappa shape index (κ2) is 6.95. The van der Waals surface area contributed by atoms with E-state index in [0.29, 0.717) is 30.0 Å². The minimum Gasteiger partial charge on any atom is -0.493 e. The van der Waals surface area contributed by atoms with E-state index in [9.17, 15) is 9.59 Å². The zero-order chi connectivity index (χ0) is 18.8. The molecule has 0 saturated carbocycles. The molecule has 4 rings (SSSR count). The maximum atomic E-state index is 12.5. The van der Waals surface area contributed by atoms with Gasteiger partial charge in [0.1, 0.15) is 5.75 Å². The summed E-state index contributed by atoms with van der Waals surface area (Å²) in [7, 11) is 0. The highest BCUT2D eigenvalue weighted by Crippen LogP contribution is 2.25. The predicted octanol–water partition coefficient (Wildman–Crippen LogP) is 1.88. The molecular weight excluding hydrogens is 344 g/mol. The first-order valence-electron chi connectivity index (χ1n) is 8.58. The summed E-state index contributed by atoms with van der Waals surface area (Å²) in [4.78, 5) is 30.6. The largest absolute Gasteiger partial charge is 0.493 e. The summed E-state index contributed by atoms with van der Waals surface area (Å²) >= 11 is 0. The average molecular weight is 362 g/mol. The van der Waals surface area contributed by atoms with Gasteiger partial charge in [-0.1, -0.05) is 24.3 Å². The highest BCUT2D eigenvalue weighted by Gasteiger charge is 2.13. The summed E-state index contributed by atoms with van der Waals surface area (Å²) in [5, 5.41) is 2.92. The van der Waals surface area contributed by atoms with E-state index in [0.717, 1.165) is 17.7 Å². The number of amides is 1. The highest BCUT2D eigenvalue weighted by atomic mass is 16.5. The molecule has 2 aromatic carbocycles. The van der Waals surface area contributed by atoms with Gasteiger partial charge in [0.05, 0.1) is 12.3 Å². The second-order valence-corrected chi connectivity index (χ2v) is 6.32. The maximum absolute atomic E-state index is 12.5. The molecule has 0 bridgehead atoms. The smallest absolute Gasteiger partial charge is 0.252 e. The predicted molar refractivity (Wildman–Crippen MR) is 102 cm³/mol. The number of hydrogen-bond donors (Lipinski definition) is 3. The number of nitrogens with one attached hydrogen (secondary N) is 2. The molecule has 136 valence electrons. The molecule has 7 nitrogen and oxygen atoms in total. The number of nitrogen functional groups attached to an aromatic ring is 1. The number of ether oxygens (including phenoxy) is 1. The Morgan fingerprint density at radius 3 is 2.96 bits per heavy atom. The molecule has 4 N–H and O–H groups in total. The van der Waals surface area contributed by atoms with E-state index in [1.54, 1.807) is 24.3 Å². The van der Waals surface area contributed by atoms with E-state index in [-0.39, 0.29) is 17.4 Å². The number of carbonyl (C=O) groups is 1. The Morgan fingerprint density at radius 2 is 2.11 bits per heavy atom. The number of H-pyrrole nitrogens is 1. The van der Waals surface area contributed by atoms with Crippen molar-refractivity contribution >= 4 is 11.9 Å². The number of nitrogens with two attached hydrogens (primary N) is 1. The Hall–Kier alpha value is -3.61. The number of anilines is 1. The lowest BCUT2D eigenvalue weighted by molar-refractivity contribution is 0.0951. The molecule has 27 heavy (non-hydrogen) atoms. The summed E-state index contributed by atoms with van der Waals surface area (Å²) in [5.74, 6) is 0.752. The van der Waals surface area contributed by atoms with Gasteiger partial charge in [-0.3, -0.25) is 14.6 Å². The van der Waals surface area contributed by atoms with Gasteiger partial charge in [-0.05, 0) is 29.3 Å². The summed E-state index contributed by atoms with van der Waals surface area (Å²) in [6.07, 6.45) is 0.894. The zero-order valence-electron chi connectivity index (χ0n) is 14.5. The summed E-state index contributed by atoms with van der Waals surface area (Å²) in [6.45, 7) is 1.13. The lowest BCUT2D eigenvalue weighted by Gasteiger charge is -2.08. The Kier molecular flexibility index (Phi) is 4.33. The van der Waals surface area contributed by atoms with Crippen LogP contribution in [-0.4, -0.2) is 22.5 Å². The SMILES string of the molecule is Nc1nc(-c2cccc(C(=O)NCc3ccc4c(c3)CCO4)c2)cc(=O)[nH]1. The molecule has 7 heteroatoms. The summed E-state index contributed by atoms with van der Waals surface area (Å²) < 4.78 is 5.49. The van der Waals surface area contributed by atoms with Gasteiger partial charge in [0.2, 0.25) is 5.95 Å². The van der Waals surface area contributed by atoms with Gasteiger partial charge in [0.15, 0.2) is 0 Å². The molecule has 0 aliphatic carbocycles. The number of aromatic amines is 1. The Balaban J connectivity index is 1.50. The van der Waals surface area contributed by atoms with Gasteiger partial charge in [-0.25, -0.2) is 4.98 Å². The summed E-state index contributed by atoms with van der Waals surface area (Å²) in [6, 6.07) is 14.2. The number of rotatable bonds is 4. The van der Waals surface area contributed by atoms with Crippen LogP contribution in [0.1, 0.15) is 21.5 Å². The molecule has 0 radical (unpaired) electrons. The van der Waals surface area contributed by atoms with Crippen molar-refractivity contribution in [3.05, 3.63) is 75.6 Å². The third-order valence-electron chi connectivity index (χ3n) is 4.39. The van der Waals surface area contributed by atoms with E-state index >= 15 is 0 Å². The molecule has 3 aromatic rings. The van der Waals surface area contributed by atoms with E-state index < -0.39 is 0 Å². The molecule has 0 spiro atoms. The van der Waals surface area contributed by atoms with Crippen LogP contribution in [0, 0.1) is 0 Å². The van der Waals surface area contributed by atoms with Crippen LogP contribution in [0.5, 0.6) is 5.75 Å². The van der Waals surface area contributed by atoms with E-state index in [1.165, 1.54) is 11.6 Å². The molecule has 0 fully saturated rings. The van der Waals surface area contributed by atoms with E-state index in [1.807, 2.05) is 12.1 Å². The number of fused-ring (bicyclic) bond motifs is 1. The van der Waals surface area contributed by atoms with Crippen LogP contribution in [0.2, 0.25) is 0 Å².